The van der Waals surface area contributed by atoms with Crippen LogP contribution < -0.4 is 5.73 Å². The van der Waals surface area contributed by atoms with Gasteiger partial charge in [0.25, 0.3) is 0 Å². The molecule has 1 unspecified atom stereocenters. The molecular formula is C10H14FNO. The Bertz CT molecular complexity index is 286. The lowest BCUT2D eigenvalue weighted by Crippen LogP contribution is -2.17. The second-order valence-corrected chi connectivity index (χ2v) is 3.27. The van der Waals surface area contributed by atoms with Gasteiger partial charge in [0.15, 0.2) is 0 Å². The average molecular weight is 183 g/mol. The van der Waals surface area contributed by atoms with Crippen LogP contribution in [0.5, 0.6) is 0 Å². The quantitative estimate of drug-likeness (QED) is 0.739. The minimum absolute atomic E-state index is 0.0272. The molecule has 3 N–H and O–H groups in total. The number of rotatable bonds is 3. The highest BCUT2D eigenvalue weighted by Gasteiger charge is 2.03. The van der Waals surface area contributed by atoms with Gasteiger partial charge in [-0.05, 0) is 25.0 Å². The Morgan fingerprint density at radius 3 is 2.69 bits per heavy atom. The summed E-state index contributed by atoms with van der Waals surface area (Å²) in [7, 11) is 0. The average Bonchev–Trinajstić information content (AvgIpc) is 2.03. The molecule has 0 heterocycles. The van der Waals surface area contributed by atoms with Gasteiger partial charge in [-0.1, -0.05) is 12.1 Å². The van der Waals surface area contributed by atoms with Gasteiger partial charge >= 0.3 is 0 Å². The molecule has 1 aromatic carbocycles. The van der Waals surface area contributed by atoms with E-state index in [2.05, 4.69) is 0 Å². The summed E-state index contributed by atoms with van der Waals surface area (Å²) >= 11 is 0. The normalized spacial score (nSPS) is 12.9. The van der Waals surface area contributed by atoms with Crippen LogP contribution in [0.4, 0.5) is 4.39 Å². The minimum atomic E-state index is -0.361. The van der Waals surface area contributed by atoms with Crippen LogP contribution >= 0.6 is 0 Å². The van der Waals surface area contributed by atoms with E-state index in [-0.39, 0.29) is 18.5 Å². The highest BCUT2D eigenvalue weighted by atomic mass is 19.1. The zero-order chi connectivity index (χ0) is 9.84. The van der Waals surface area contributed by atoms with Crippen molar-refractivity contribution in [1.82, 2.24) is 0 Å². The van der Waals surface area contributed by atoms with Crippen LogP contribution in [-0.2, 0) is 13.0 Å². The van der Waals surface area contributed by atoms with Crippen LogP contribution in [0.25, 0.3) is 0 Å². The summed E-state index contributed by atoms with van der Waals surface area (Å²) in [6, 6.07) is 4.83. The molecule has 0 aliphatic heterocycles. The fraction of sp³-hybridized carbons (Fsp3) is 0.400. The highest BCUT2D eigenvalue weighted by Crippen LogP contribution is 2.11. The summed E-state index contributed by atoms with van der Waals surface area (Å²) < 4.78 is 13.1. The van der Waals surface area contributed by atoms with Crippen molar-refractivity contribution in [2.75, 3.05) is 0 Å². The topological polar surface area (TPSA) is 46.2 Å². The second kappa shape index (κ2) is 4.35. The van der Waals surface area contributed by atoms with E-state index >= 15 is 0 Å². The first-order chi connectivity index (χ1) is 6.13. The van der Waals surface area contributed by atoms with Gasteiger partial charge in [-0.3, -0.25) is 0 Å². The molecule has 72 valence electrons. The molecule has 0 aromatic heterocycles. The lowest BCUT2D eigenvalue weighted by Gasteiger charge is -2.06. The van der Waals surface area contributed by atoms with E-state index in [0.29, 0.717) is 12.0 Å². The maximum Gasteiger partial charge on any atom is 0.128 e. The molecule has 3 heteroatoms. The number of hydrogen-bond donors (Lipinski definition) is 2. The maximum absolute atomic E-state index is 13.1. The third-order valence-electron chi connectivity index (χ3n) is 1.85. The van der Waals surface area contributed by atoms with Gasteiger partial charge in [0, 0.05) is 11.6 Å². The van der Waals surface area contributed by atoms with Gasteiger partial charge in [-0.25, -0.2) is 4.39 Å². The predicted molar refractivity (Wildman–Crippen MR) is 49.7 cm³/mol. The molecule has 0 saturated carbocycles. The fourth-order valence-electron chi connectivity index (χ4n) is 1.22. The molecule has 13 heavy (non-hydrogen) atoms. The van der Waals surface area contributed by atoms with E-state index in [4.69, 9.17) is 10.8 Å². The summed E-state index contributed by atoms with van der Waals surface area (Å²) in [6.07, 6.45) is 0.655. The van der Waals surface area contributed by atoms with Crippen molar-refractivity contribution in [3.63, 3.8) is 0 Å². The van der Waals surface area contributed by atoms with E-state index in [0.717, 1.165) is 5.56 Å². The van der Waals surface area contributed by atoms with Crippen LogP contribution in [0, 0.1) is 5.82 Å². The fourth-order valence-corrected chi connectivity index (χ4v) is 1.22. The zero-order valence-electron chi connectivity index (χ0n) is 7.63. The van der Waals surface area contributed by atoms with Crippen molar-refractivity contribution >= 4 is 0 Å². The Labute approximate surface area is 77.2 Å². The Kier molecular flexibility index (Phi) is 3.39. The second-order valence-electron chi connectivity index (χ2n) is 3.27. The zero-order valence-corrected chi connectivity index (χ0v) is 7.63. The summed E-state index contributed by atoms with van der Waals surface area (Å²) in [5.41, 5.74) is 6.77. The highest BCUT2D eigenvalue weighted by molar-refractivity contribution is 5.24. The molecule has 0 radical (unpaired) electrons. The largest absolute Gasteiger partial charge is 0.392 e. The van der Waals surface area contributed by atoms with Gasteiger partial charge in [0.05, 0.1) is 6.61 Å². The predicted octanol–water partition coefficient (Wildman–Crippen LogP) is 1.21. The maximum atomic E-state index is 13.1. The van der Waals surface area contributed by atoms with Crippen molar-refractivity contribution in [2.45, 2.75) is 26.0 Å². The molecule has 0 spiro atoms. The smallest absolute Gasteiger partial charge is 0.128 e. The van der Waals surface area contributed by atoms with E-state index < -0.39 is 0 Å². The van der Waals surface area contributed by atoms with Crippen LogP contribution in [0.15, 0.2) is 18.2 Å². The van der Waals surface area contributed by atoms with Crippen molar-refractivity contribution in [3.8, 4) is 0 Å². The molecule has 0 saturated heterocycles. The molecule has 0 fully saturated rings. The first-order valence-corrected chi connectivity index (χ1v) is 4.27. The number of aliphatic hydroxyl groups is 1. The monoisotopic (exact) mass is 183 g/mol. The van der Waals surface area contributed by atoms with Gasteiger partial charge in [0.2, 0.25) is 0 Å². The van der Waals surface area contributed by atoms with Gasteiger partial charge < -0.3 is 10.8 Å². The molecule has 1 atom stereocenters. The summed E-state index contributed by atoms with van der Waals surface area (Å²) in [6.45, 7) is 1.61. The molecule has 0 bridgehead atoms. The Balaban J connectivity index is 2.83. The van der Waals surface area contributed by atoms with Gasteiger partial charge in [0.1, 0.15) is 5.82 Å². The minimum Gasteiger partial charge on any atom is -0.392 e. The van der Waals surface area contributed by atoms with Crippen LogP contribution in [0.2, 0.25) is 0 Å². The van der Waals surface area contributed by atoms with Crippen LogP contribution in [0.1, 0.15) is 18.1 Å². The molecular weight excluding hydrogens is 169 g/mol. The third kappa shape index (κ3) is 2.79. The molecule has 1 aromatic rings. The molecule has 2 nitrogen and oxygen atoms in total. The van der Waals surface area contributed by atoms with E-state index in [9.17, 15) is 4.39 Å². The van der Waals surface area contributed by atoms with Gasteiger partial charge in [-0.15, -0.1) is 0 Å². The molecule has 0 aliphatic rings. The summed E-state index contributed by atoms with van der Waals surface area (Å²) in [5, 5.41) is 8.73. The van der Waals surface area contributed by atoms with Crippen molar-refractivity contribution in [2.24, 2.45) is 5.73 Å². The first-order valence-electron chi connectivity index (χ1n) is 4.27. The molecule has 1 rings (SSSR count). The summed E-state index contributed by atoms with van der Waals surface area (Å²) in [5.74, 6) is -0.361. The Morgan fingerprint density at radius 2 is 2.23 bits per heavy atom. The number of hydrogen-bond acceptors (Lipinski definition) is 2. The van der Waals surface area contributed by atoms with E-state index in [1.807, 2.05) is 6.92 Å². The number of nitrogens with two attached hydrogens (primary N) is 1. The van der Waals surface area contributed by atoms with E-state index in [1.54, 1.807) is 12.1 Å². The molecule has 0 aliphatic carbocycles. The standard InChI is InChI=1S/C10H14FNO/c1-7(12)4-8-2-3-9(6-13)10(11)5-8/h2-3,5,7,13H,4,6,12H2,1H3. The molecule has 0 amide bonds. The van der Waals surface area contributed by atoms with E-state index in [1.165, 1.54) is 6.07 Å². The lowest BCUT2D eigenvalue weighted by molar-refractivity contribution is 0.275. The van der Waals surface area contributed by atoms with Gasteiger partial charge in [-0.2, -0.15) is 0 Å². The van der Waals surface area contributed by atoms with Crippen LogP contribution in [-0.4, -0.2) is 11.1 Å². The lowest BCUT2D eigenvalue weighted by atomic mass is 10.1. The summed E-state index contributed by atoms with van der Waals surface area (Å²) in [4.78, 5) is 0. The van der Waals surface area contributed by atoms with Crippen molar-refractivity contribution in [1.29, 1.82) is 0 Å². The third-order valence-corrected chi connectivity index (χ3v) is 1.85. The number of halogens is 1. The number of aliphatic hydroxyl groups excluding tert-OH is 1. The Hall–Kier alpha value is -0.930. The van der Waals surface area contributed by atoms with Crippen molar-refractivity contribution in [3.05, 3.63) is 35.1 Å². The Morgan fingerprint density at radius 1 is 1.54 bits per heavy atom. The van der Waals surface area contributed by atoms with Crippen LogP contribution in [0.3, 0.4) is 0 Å². The number of benzene rings is 1. The SMILES string of the molecule is CC(N)Cc1ccc(CO)c(F)c1. The first kappa shape index (κ1) is 10.2. The van der Waals surface area contributed by atoms with Crippen molar-refractivity contribution < 1.29 is 9.50 Å².